The zero-order valence-electron chi connectivity index (χ0n) is 5.44. The summed E-state index contributed by atoms with van der Waals surface area (Å²) in [6.45, 7) is -5.17. The Balaban J connectivity index is 3.23. The summed E-state index contributed by atoms with van der Waals surface area (Å²) in [6.07, 6.45) is 0. The highest BCUT2D eigenvalue weighted by molar-refractivity contribution is 6.75. The molecule has 2 nitrogen and oxygen atoms in total. The molecule has 0 radical (unpaired) electrons. The Morgan fingerprint density at radius 1 is 1.17 bits per heavy atom. The molecule has 0 amide bonds. The zero-order valence-corrected chi connectivity index (χ0v) is 6.95. The fourth-order valence-corrected chi connectivity index (χ4v) is 0.967. The van der Waals surface area contributed by atoms with Gasteiger partial charge < -0.3 is 12.9 Å². The molecule has 0 fully saturated rings. The molecule has 1 rings (SSSR count). The van der Waals surface area contributed by atoms with E-state index in [4.69, 9.17) is 23.2 Å². The zero-order chi connectivity index (χ0) is 9.35. The molecule has 0 spiro atoms. The molecule has 0 N–H and O–H groups in total. The lowest BCUT2D eigenvalue weighted by Crippen LogP contribution is -2.35. The van der Waals surface area contributed by atoms with Crippen molar-refractivity contribution in [3.63, 3.8) is 0 Å². The topological polar surface area (TPSA) is 25.8 Å². The molecule has 0 saturated carbocycles. The first-order valence-corrected chi connectivity index (χ1v) is 3.55. The van der Waals surface area contributed by atoms with E-state index in [1.54, 1.807) is 0 Å². The van der Waals surface area contributed by atoms with E-state index in [1.807, 2.05) is 0 Å². The summed E-state index contributed by atoms with van der Waals surface area (Å²) in [5, 5.41) is 5.17. The SMILES string of the molecule is F[B-](F)(F)c1cc(Cl)nnc1Cl. The third-order valence-electron chi connectivity index (χ3n) is 1.10. The summed E-state index contributed by atoms with van der Waals surface area (Å²) >= 11 is 10.3. The molecular formula is C4HBCl2F3N2-. The van der Waals surface area contributed by atoms with Crippen LogP contribution in [0.4, 0.5) is 12.9 Å². The number of hydrogen-bond donors (Lipinski definition) is 0. The molecule has 1 heterocycles. The summed E-state index contributed by atoms with van der Waals surface area (Å²) < 4.78 is 36.2. The van der Waals surface area contributed by atoms with Crippen LogP contribution in [0.2, 0.25) is 10.3 Å². The van der Waals surface area contributed by atoms with Gasteiger partial charge in [-0.05, 0) is 6.07 Å². The largest absolute Gasteiger partial charge is 0.512 e. The maximum Gasteiger partial charge on any atom is 0.512 e. The van der Waals surface area contributed by atoms with Crippen molar-refractivity contribution in [2.24, 2.45) is 0 Å². The first kappa shape index (κ1) is 9.60. The van der Waals surface area contributed by atoms with Crippen molar-refractivity contribution in [3.05, 3.63) is 16.4 Å². The molecule has 8 heteroatoms. The highest BCUT2D eigenvalue weighted by Gasteiger charge is 2.29. The number of halogens is 5. The Labute approximate surface area is 75.7 Å². The van der Waals surface area contributed by atoms with Crippen molar-refractivity contribution >= 4 is 35.6 Å². The minimum absolute atomic E-state index is 0.325. The Morgan fingerprint density at radius 2 is 1.75 bits per heavy atom. The van der Waals surface area contributed by atoms with Crippen LogP contribution >= 0.6 is 23.2 Å². The summed E-state index contributed by atoms with van der Waals surface area (Å²) in [5.41, 5.74) is -1.02. The van der Waals surface area contributed by atoms with Gasteiger partial charge in [-0.15, -0.1) is 10.2 Å². The van der Waals surface area contributed by atoms with Gasteiger partial charge in [0.15, 0.2) is 0 Å². The normalized spacial score (nSPS) is 11.8. The van der Waals surface area contributed by atoms with Crippen LogP contribution in [0.5, 0.6) is 0 Å². The van der Waals surface area contributed by atoms with Crippen LogP contribution in [0.1, 0.15) is 0 Å². The second-order valence-corrected chi connectivity index (χ2v) is 2.73. The molecule has 0 aliphatic rings. The van der Waals surface area contributed by atoms with E-state index in [1.165, 1.54) is 0 Å². The predicted octanol–water partition coefficient (Wildman–Crippen LogP) is 1.84. The van der Waals surface area contributed by atoms with Crippen molar-refractivity contribution < 1.29 is 12.9 Å². The fraction of sp³-hybridized carbons (Fsp3) is 0. The van der Waals surface area contributed by atoms with Gasteiger partial charge in [0, 0.05) is 0 Å². The minimum atomic E-state index is -5.17. The van der Waals surface area contributed by atoms with Crippen LogP contribution in [0.3, 0.4) is 0 Å². The van der Waals surface area contributed by atoms with Gasteiger partial charge in [-0.1, -0.05) is 28.7 Å². The minimum Gasteiger partial charge on any atom is -0.445 e. The molecule has 1 aromatic heterocycles. The van der Waals surface area contributed by atoms with Crippen LogP contribution in [-0.4, -0.2) is 17.2 Å². The number of hydrogen-bond acceptors (Lipinski definition) is 2. The van der Waals surface area contributed by atoms with Crippen LogP contribution < -0.4 is 5.46 Å². The quantitative estimate of drug-likeness (QED) is 0.669. The van der Waals surface area contributed by atoms with Crippen LogP contribution in [-0.2, 0) is 0 Å². The lowest BCUT2D eigenvalue weighted by Gasteiger charge is -2.14. The van der Waals surface area contributed by atoms with Gasteiger partial charge in [0.2, 0.25) is 0 Å². The van der Waals surface area contributed by atoms with Crippen molar-refractivity contribution in [1.29, 1.82) is 0 Å². The molecule has 0 saturated heterocycles. The van der Waals surface area contributed by atoms with Gasteiger partial charge in [-0.25, -0.2) is 0 Å². The molecule has 66 valence electrons. The smallest absolute Gasteiger partial charge is 0.445 e. The molecule has 1 aromatic rings. The van der Waals surface area contributed by atoms with Gasteiger partial charge in [0.05, 0.1) is 0 Å². The molecular weight excluding hydrogens is 215 g/mol. The maximum atomic E-state index is 12.1. The van der Waals surface area contributed by atoms with E-state index in [2.05, 4.69) is 10.2 Å². The molecule has 12 heavy (non-hydrogen) atoms. The van der Waals surface area contributed by atoms with E-state index in [0.29, 0.717) is 6.07 Å². The molecule has 0 atom stereocenters. The van der Waals surface area contributed by atoms with Gasteiger partial charge in [0.1, 0.15) is 10.3 Å². The van der Waals surface area contributed by atoms with Crippen molar-refractivity contribution in [1.82, 2.24) is 10.2 Å². The number of aromatic nitrogens is 2. The van der Waals surface area contributed by atoms with Crippen molar-refractivity contribution in [2.45, 2.75) is 0 Å². The molecule has 0 aliphatic carbocycles. The lowest BCUT2D eigenvalue weighted by atomic mass is 9.82. The standard InChI is InChI=1S/C4HBCl2F3N2/c6-3-1-2(5(8,9)10)4(7)12-11-3/h1H/q-1. The van der Waals surface area contributed by atoms with Crippen LogP contribution in [0.25, 0.3) is 0 Å². The van der Waals surface area contributed by atoms with Crippen LogP contribution in [0.15, 0.2) is 6.07 Å². The van der Waals surface area contributed by atoms with Gasteiger partial charge in [-0.2, -0.15) is 0 Å². The number of rotatable bonds is 1. The molecule has 0 unspecified atom stereocenters. The average Bonchev–Trinajstić information content (AvgIpc) is 1.92. The Kier molecular flexibility index (Phi) is 2.48. The van der Waals surface area contributed by atoms with Gasteiger partial charge >= 0.3 is 6.98 Å². The monoisotopic (exact) mass is 215 g/mol. The Morgan fingerprint density at radius 3 is 2.17 bits per heavy atom. The third-order valence-corrected chi connectivity index (χ3v) is 1.58. The van der Waals surface area contributed by atoms with E-state index in [9.17, 15) is 12.9 Å². The van der Waals surface area contributed by atoms with Gasteiger partial charge in [0.25, 0.3) is 0 Å². The van der Waals surface area contributed by atoms with E-state index < -0.39 is 17.6 Å². The van der Waals surface area contributed by atoms with Gasteiger partial charge in [-0.3, -0.25) is 0 Å². The third kappa shape index (κ3) is 2.01. The second kappa shape index (κ2) is 3.10. The first-order chi connectivity index (χ1) is 5.41. The Hall–Kier alpha value is -0.485. The molecule has 0 bridgehead atoms. The van der Waals surface area contributed by atoms with E-state index in [-0.39, 0.29) is 5.15 Å². The van der Waals surface area contributed by atoms with Crippen molar-refractivity contribution in [2.75, 3.05) is 0 Å². The maximum absolute atomic E-state index is 12.1. The highest BCUT2D eigenvalue weighted by Crippen LogP contribution is 2.15. The first-order valence-electron chi connectivity index (χ1n) is 2.80. The highest BCUT2D eigenvalue weighted by atomic mass is 35.5. The molecule has 0 aromatic carbocycles. The second-order valence-electron chi connectivity index (χ2n) is 1.99. The number of nitrogens with zero attached hydrogens (tertiary/aromatic N) is 2. The summed E-state index contributed by atoms with van der Waals surface area (Å²) in [6, 6.07) is 0.650. The summed E-state index contributed by atoms with van der Waals surface area (Å²) in [4.78, 5) is 0. The predicted molar refractivity (Wildman–Crippen MR) is 40.8 cm³/mol. The average molecular weight is 216 g/mol. The van der Waals surface area contributed by atoms with Crippen LogP contribution in [0, 0.1) is 0 Å². The Bertz CT molecular complexity index is 303. The lowest BCUT2D eigenvalue weighted by molar-refractivity contribution is 0.500. The van der Waals surface area contributed by atoms with E-state index in [0.717, 1.165) is 0 Å². The fourth-order valence-electron chi connectivity index (χ4n) is 0.596. The molecule has 0 aliphatic heterocycles. The summed E-state index contributed by atoms with van der Waals surface area (Å²) in [7, 11) is 0. The van der Waals surface area contributed by atoms with E-state index >= 15 is 0 Å². The van der Waals surface area contributed by atoms with Crippen molar-refractivity contribution in [3.8, 4) is 0 Å². The summed E-state index contributed by atoms with van der Waals surface area (Å²) in [5.74, 6) is 0.